The van der Waals surface area contributed by atoms with E-state index in [-0.39, 0.29) is 16.8 Å². The number of pyridine rings is 1. The highest BCUT2D eigenvalue weighted by Crippen LogP contribution is 2.33. The van der Waals surface area contributed by atoms with Gasteiger partial charge in [0.2, 0.25) is 0 Å². The van der Waals surface area contributed by atoms with Gasteiger partial charge in [-0.05, 0) is 31.2 Å². The Morgan fingerprint density at radius 1 is 1.26 bits per heavy atom. The molecule has 27 heavy (non-hydrogen) atoms. The third-order valence-corrected chi connectivity index (χ3v) is 4.75. The van der Waals surface area contributed by atoms with E-state index >= 15 is 0 Å². The minimum absolute atomic E-state index is 0.0106. The zero-order chi connectivity index (χ0) is 19.8. The molecule has 1 fully saturated rings. The zero-order valence-electron chi connectivity index (χ0n) is 14.3. The van der Waals surface area contributed by atoms with Crippen LogP contribution in [0.4, 0.5) is 30.4 Å². The van der Waals surface area contributed by atoms with Gasteiger partial charge in [0, 0.05) is 37.4 Å². The van der Waals surface area contributed by atoms with E-state index in [0.29, 0.717) is 31.1 Å². The van der Waals surface area contributed by atoms with E-state index in [2.05, 4.69) is 4.98 Å². The fourth-order valence-electron chi connectivity index (χ4n) is 3.13. The minimum atomic E-state index is -4.36. The van der Waals surface area contributed by atoms with Crippen LogP contribution in [0.3, 0.4) is 0 Å². The van der Waals surface area contributed by atoms with E-state index in [4.69, 9.17) is 11.6 Å². The fourth-order valence-corrected chi connectivity index (χ4v) is 3.41. The van der Waals surface area contributed by atoms with Crippen LogP contribution < -0.4 is 9.80 Å². The maximum atomic E-state index is 12.7. The molecule has 1 aliphatic heterocycles. The molecule has 1 aromatic heterocycles. The van der Waals surface area contributed by atoms with E-state index in [1.54, 1.807) is 0 Å². The fraction of sp³-hybridized carbons (Fsp3) is 0.353. The summed E-state index contributed by atoms with van der Waals surface area (Å²) in [5, 5.41) is 11.0. The van der Waals surface area contributed by atoms with Gasteiger partial charge in [-0.2, -0.15) is 13.2 Å². The van der Waals surface area contributed by atoms with Crippen molar-refractivity contribution in [1.82, 2.24) is 4.98 Å². The molecule has 0 N–H and O–H groups in total. The van der Waals surface area contributed by atoms with Crippen molar-refractivity contribution in [2.45, 2.75) is 19.1 Å². The van der Waals surface area contributed by atoms with E-state index in [1.807, 2.05) is 16.7 Å². The highest BCUT2D eigenvalue weighted by molar-refractivity contribution is 6.33. The molecule has 3 rings (SSSR count). The number of halogens is 4. The first-order valence-corrected chi connectivity index (χ1v) is 8.53. The summed E-state index contributed by atoms with van der Waals surface area (Å²) in [4.78, 5) is 18.3. The van der Waals surface area contributed by atoms with Gasteiger partial charge < -0.3 is 9.80 Å². The third kappa shape index (κ3) is 4.08. The van der Waals surface area contributed by atoms with Gasteiger partial charge in [0.25, 0.3) is 5.69 Å². The number of nitrogens with zero attached hydrogens (tertiary/aromatic N) is 4. The van der Waals surface area contributed by atoms with E-state index < -0.39 is 16.7 Å². The summed E-state index contributed by atoms with van der Waals surface area (Å²) in [5.74, 6) is 0.459. The van der Waals surface area contributed by atoms with Crippen molar-refractivity contribution in [3.05, 3.63) is 57.2 Å². The van der Waals surface area contributed by atoms with Crippen LogP contribution in [0, 0.1) is 10.1 Å². The topological polar surface area (TPSA) is 62.5 Å². The summed E-state index contributed by atoms with van der Waals surface area (Å²) < 4.78 is 38.1. The van der Waals surface area contributed by atoms with Crippen LogP contribution >= 0.6 is 11.6 Å². The van der Waals surface area contributed by atoms with Crippen molar-refractivity contribution in [3.63, 3.8) is 0 Å². The molecule has 2 heterocycles. The predicted molar refractivity (Wildman–Crippen MR) is 96.4 cm³/mol. The molecule has 1 aromatic carbocycles. The number of hydrogen-bond acceptors (Lipinski definition) is 5. The second kappa shape index (κ2) is 7.22. The van der Waals surface area contributed by atoms with Gasteiger partial charge in [-0.1, -0.05) is 11.6 Å². The van der Waals surface area contributed by atoms with Crippen LogP contribution in [-0.4, -0.2) is 35.6 Å². The average molecular weight is 401 g/mol. The molecule has 0 bridgehead atoms. The molecule has 0 radical (unpaired) electrons. The molecule has 6 nitrogen and oxygen atoms in total. The summed E-state index contributed by atoms with van der Waals surface area (Å²) >= 11 is 6.14. The zero-order valence-corrected chi connectivity index (χ0v) is 15.0. The Morgan fingerprint density at radius 2 is 1.93 bits per heavy atom. The number of piperazine rings is 1. The van der Waals surface area contributed by atoms with Crippen molar-refractivity contribution in [2.24, 2.45) is 0 Å². The molecular weight excluding hydrogens is 385 g/mol. The first-order valence-electron chi connectivity index (χ1n) is 8.15. The SMILES string of the molecule is C[C@@H]1CN(c2ncc([N+](=O)[O-])cc2Cl)CCN1c1ccc(C(F)(F)F)cc1. The minimum Gasteiger partial charge on any atom is -0.365 e. The molecule has 2 aromatic rings. The van der Waals surface area contributed by atoms with Crippen LogP contribution in [0.5, 0.6) is 0 Å². The molecule has 0 amide bonds. The lowest BCUT2D eigenvalue weighted by Gasteiger charge is -2.42. The van der Waals surface area contributed by atoms with Crippen molar-refractivity contribution in [1.29, 1.82) is 0 Å². The van der Waals surface area contributed by atoms with Gasteiger partial charge in [-0.25, -0.2) is 4.98 Å². The Morgan fingerprint density at radius 3 is 2.44 bits per heavy atom. The quantitative estimate of drug-likeness (QED) is 0.565. The molecular formula is C17H16ClF3N4O2. The number of aromatic nitrogens is 1. The average Bonchev–Trinajstić information content (AvgIpc) is 2.61. The second-order valence-electron chi connectivity index (χ2n) is 6.29. The summed E-state index contributed by atoms with van der Waals surface area (Å²) in [7, 11) is 0. The van der Waals surface area contributed by atoms with Gasteiger partial charge in [-0.15, -0.1) is 0 Å². The Kier molecular flexibility index (Phi) is 5.14. The summed E-state index contributed by atoms with van der Waals surface area (Å²) in [6.45, 7) is 3.58. The normalized spacial score (nSPS) is 17.9. The lowest BCUT2D eigenvalue weighted by atomic mass is 10.1. The first kappa shape index (κ1) is 19.2. The van der Waals surface area contributed by atoms with Crippen molar-refractivity contribution in [3.8, 4) is 0 Å². The molecule has 1 saturated heterocycles. The Labute approximate surface area is 158 Å². The van der Waals surface area contributed by atoms with Crippen LogP contribution in [0.2, 0.25) is 5.02 Å². The number of alkyl halides is 3. The maximum absolute atomic E-state index is 12.7. The van der Waals surface area contributed by atoms with Gasteiger partial charge in [0.15, 0.2) is 0 Å². The molecule has 0 aliphatic carbocycles. The van der Waals surface area contributed by atoms with E-state index in [9.17, 15) is 23.3 Å². The summed E-state index contributed by atoms with van der Waals surface area (Å²) in [6, 6.07) is 6.32. The lowest BCUT2D eigenvalue weighted by molar-refractivity contribution is -0.385. The van der Waals surface area contributed by atoms with Crippen LogP contribution in [0.1, 0.15) is 12.5 Å². The van der Waals surface area contributed by atoms with E-state index in [0.717, 1.165) is 18.3 Å². The summed E-state index contributed by atoms with van der Waals surface area (Å²) in [6.07, 6.45) is -3.20. The highest BCUT2D eigenvalue weighted by atomic mass is 35.5. The number of rotatable bonds is 3. The van der Waals surface area contributed by atoms with Crippen molar-refractivity contribution < 1.29 is 18.1 Å². The Hall–Kier alpha value is -2.55. The van der Waals surface area contributed by atoms with Crippen molar-refractivity contribution >= 4 is 28.8 Å². The molecule has 0 unspecified atom stereocenters. The number of nitro groups is 1. The van der Waals surface area contributed by atoms with E-state index in [1.165, 1.54) is 18.2 Å². The summed E-state index contributed by atoms with van der Waals surface area (Å²) in [5.41, 5.74) is -0.155. The van der Waals surface area contributed by atoms with Crippen molar-refractivity contribution in [2.75, 3.05) is 29.4 Å². The van der Waals surface area contributed by atoms with Crippen LogP contribution in [0.25, 0.3) is 0 Å². The first-order chi connectivity index (χ1) is 12.7. The lowest BCUT2D eigenvalue weighted by Crippen LogP contribution is -2.52. The second-order valence-corrected chi connectivity index (χ2v) is 6.70. The predicted octanol–water partition coefficient (Wildman–Crippen LogP) is 4.38. The van der Waals surface area contributed by atoms with Crippen LogP contribution in [0.15, 0.2) is 36.5 Å². The maximum Gasteiger partial charge on any atom is 0.416 e. The monoisotopic (exact) mass is 400 g/mol. The van der Waals surface area contributed by atoms with Gasteiger partial charge >= 0.3 is 6.18 Å². The smallest absolute Gasteiger partial charge is 0.365 e. The van der Waals surface area contributed by atoms with Crippen LogP contribution in [-0.2, 0) is 6.18 Å². The highest BCUT2D eigenvalue weighted by Gasteiger charge is 2.31. The molecule has 0 saturated carbocycles. The largest absolute Gasteiger partial charge is 0.416 e. The molecule has 1 atom stereocenters. The van der Waals surface area contributed by atoms with Gasteiger partial charge in [0.05, 0.1) is 15.5 Å². The molecule has 1 aliphatic rings. The standard InChI is InChI=1S/C17H16ClF3N4O2/c1-11-10-23(16-15(18)8-14(9-22-16)25(26)27)6-7-24(11)13-4-2-12(3-5-13)17(19,20)21/h2-5,8-9,11H,6-7,10H2,1H3/t11-/m1/s1. The van der Waals surface area contributed by atoms with Gasteiger partial charge in [0.1, 0.15) is 12.0 Å². The Bertz CT molecular complexity index is 845. The third-order valence-electron chi connectivity index (χ3n) is 4.47. The molecule has 10 heteroatoms. The van der Waals surface area contributed by atoms with Gasteiger partial charge in [-0.3, -0.25) is 10.1 Å². The number of hydrogen-bond donors (Lipinski definition) is 0. The number of anilines is 2. The molecule has 144 valence electrons. The number of benzene rings is 1. The Balaban J connectivity index is 1.73. The molecule has 0 spiro atoms.